The van der Waals surface area contributed by atoms with Gasteiger partial charge < -0.3 is 31.2 Å². The van der Waals surface area contributed by atoms with Crippen LogP contribution in [0.5, 0.6) is 0 Å². The third kappa shape index (κ3) is 10.4. The summed E-state index contributed by atoms with van der Waals surface area (Å²) in [6, 6.07) is 21.4. The van der Waals surface area contributed by atoms with Crippen molar-refractivity contribution >= 4 is 24.0 Å². The van der Waals surface area contributed by atoms with Crippen LogP contribution in [0.4, 0.5) is 9.59 Å². The summed E-state index contributed by atoms with van der Waals surface area (Å²) in [5, 5.41) is 7.93. The number of nitrogens with two attached hydrogens (primary N) is 1. The molecule has 0 aliphatic heterocycles. The minimum absolute atomic E-state index is 0.171. The molecule has 1 aromatic heterocycles. The highest BCUT2D eigenvalue weighted by Gasteiger charge is 2.25. The fraction of sp³-hybridized carbons (Fsp3) is 0.276. The molecule has 2 aromatic carbocycles. The molecule has 1 heterocycles. The van der Waals surface area contributed by atoms with Crippen LogP contribution in [0.15, 0.2) is 79.0 Å². The van der Waals surface area contributed by atoms with Crippen molar-refractivity contribution < 1.29 is 28.7 Å². The van der Waals surface area contributed by atoms with Gasteiger partial charge in [0, 0.05) is 12.7 Å². The highest BCUT2D eigenvalue weighted by atomic mass is 16.6. The van der Waals surface area contributed by atoms with Crippen molar-refractivity contribution in [2.45, 2.75) is 51.6 Å². The molecule has 40 heavy (non-hydrogen) atoms. The summed E-state index contributed by atoms with van der Waals surface area (Å²) >= 11 is 0. The van der Waals surface area contributed by atoms with E-state index < -0.39 is 36.1 Å². The third-order valence-electron chi connectivity index (χ3n) is 5.82. The van der Waals surface area contributed by atoms with E-state index in [4.69, 9.17) is 15.2 Å². The normalized spacial score (nSPS) is 11.9. The molecule has 2 atom stereocenters. The number of hydrogen-bond donors (Lipinski definition) is 4. The smallest absolute Gasteiger partial charge is 0.407 e. The van der Waals surface area contributed by atoms with E-state index >= 15 is 0 Å². The van der Waals surface area contributed by atoms with Crippen molar-refractivity contribution in [2.24, 2.45) is 5.73 Å². The van der Waals surface area contributed by atoms with Gasteiger partial charge in [0.15, 0.2) is 6.10 Å². The number of hydrogen-bond acceptors (Lipinski definition) is 7. The van der Waals surface area contributed by atoms with Crippen LogP contribution in [-0.2, 0) is 45.2 Å². The monoisotopic (exact) mass is 547 g/mol. The lowest BCUT2D eigenvalue weighted by Crippen LogP contribution is -2.49. The Morgan fingerprint density at radius 1 is 0.825 bits per heavy atom. The number of rotatable bonds is 13. The Morgan fingerprint density at radius 2 is 1.50 bits per heavy atom. The predicted molar refractivity (Wildman–Crippen MR) is 146 cm³/mol. The highest BCUT2D eigenvalue weighted by molar-refractivity contribution is 5.89. The van der Waals surface area contributed by atoms with Crippen molar-refractivity contribution in [1.82, 2.24) is 20.9 Å². The second-order valence-corrected chi connectivity index (χ2v) is 8.97. The topological polar surface area (TPSA) is 162 Å². The second-order valence-electron chi connectivity index (χ2n) is 8.97. The average molecular weight is 548 g/mol. The van der Waals surface area contributed by atoms with Gasteiger partial charge in [0.25, 0.3) is 5.91 Å². The Morgan fingerprint density at radius 3 is 2.12 bits per heavy atom. The van der Waals surface area contributed by atoms with Crippen LogP contribution in [0.25, 0.3) is 0 Å². The molecule has 5 N–H and O–H groups in total. The number of benzene rings is 2. The standard InChI is InChI=1S/C29H33N5O6/c1-20(34-27(36)25(40-28(30)37)15-13-21-8-4-2-5-9-21)26(35)32-17-23-12-14-24(31-16-23)18-33-29(38)39-19-22-10-6-3-7-11-22/h2-12,14,16,20,25H,13,15,17-19H2,1H3,(H2,30,37)(H,32,35)(H,33,38)(H,34,36)/t20-,25+/m0/s1. The maximum Gasteiger partial charge on any atom is 0.407 e. The molecule has 0 saturated heterocycles. The van der Waals surface area contributed by atoms with Gasteiger partial charge in [0.1, 0.15) is 12.6 Å². The molecule has 3 rings (SSSR count). The minimum atomic E-state index is -1.13. The minimum Gasteiger partial charge on any atom is -0.445 e. The number of nitrogens with zero attached hydrogens (tertiary/aromatic N) is 1. The van der Waals surface area contributed by atoms with Gasteiger partial charge in [-0.05, 0) is 42.5 Å². The van der Waals surface area contributed by atoms with E-state index in [0.717, 1.165) is 16.7 Å². The average Bonchev–Trinajstić information content (AvgIpc) is 2.97. The van der Waals surface area contributed by atoms with Crippen LogP contribution < -0.4 is 21.7 Å². The van der Waals surface area contributed by atoms with Gasteiger partial charge in [-0.25, -0.2) is 9.59 Å². The number of primary amides is 1. The van der Waals surface area contributed by atoms with Crippen LogP contribution in [0.2, 0.25) is 0 Å². The van der Waals surface area contributed by atoms with Crippen molar-refractivity contribution in [3.8, 4) is 0 Å². The van der Waals surface area contributed by atoms with Crippen LogP contribution in [0.1, 0.15) is 35.7 Å². The van der Waals surface area contributed by atoms with Crippen LogP contribution in [-0.4, -0.2) is 41.1 Å². The number of pyridine rings is 1. The molecule has 11 heteroatoms. The van der Waals surface area contributed by atoms with Crippen LogP contribution in [0.3, 0.4) is 0 Å². The Bertz CT molecular complexity index is 1250. The Kier molecular flexibility index (Phi) is 11.5. The molecule has 3 aromatic rings. The fourth-order valence-electron chi connectivity index (χ4n) is 3.64. The van der Waals surface area contributed by atoms with E-state index in [1.54, 1.807) is 18.3 Å². The SMILES string of the molecule is C[C@H](NC(=O)[C@@H](CCc1ccccc1)OC(N)=O)C(=O)NCc1ccc(CNC(=O)OCc2ccccc2)nc1. The molecule has 0 radical (unpaired) electrons. The molecule has 0 unspecified atom stereocenters. The van der Waals surface area contributed by atoms with Gasteiger partial charge in [-0.1, -0.05) is 66.7 Å². The fourth-order valence-corrected chi connectivity index (χ4v) is 3.64. The van der Waals surface area contributed by atoms with Gasteiger partial charge >= 0.3 is 12.2 Å². The Labute approximate surface area is 232 Å². The van der Waals surface area contributed by atoms with Gasteiger partial charge in [-0.3, -0.25) is 14.6 Å². The quantitative estimate of drug-likeness (QED) is 0.256. The zero-order chi connectivity index (χ0) is 28.7. The number of carbonyl (C=O) groups excluding carboxylic acids is 4. The molecule has 4 amide bonds. The number of alkyl carbamates (subject to hydrolysis) is 1. The highest BCUT2D eigenvalue weighted by Crippen LogP contribution is 2.09. The molecule has 0 fully saturated rings. The van der Waals surface area contributed by atoms with E-state index in [-0.39, 0.29) is 26.1 Å². The van der Waals surface area contributed by atoms with E-state index in [1.807, 2.05) is 60.7 Å². The summed E-state index contributed by atoms with van der Waals surface area (Å²) in [4.78, 5) is 52.7. The van der Waals surface area contributed by atoms with Gasteiger partial charge in [0.2, 0.25) is 5.91 Å². The molecule has 210 valence electrons. The number of amides is 4. The molecular formula is C29H33N5O6. The summed E-state index contributed by atoms with van der Waals surface area (Å²) in [5.74, 6) is -1.04. The van der Waals surface area contributed by atoms with Gasteiger partial charge in [-0.15, -0.1) is 0 Å². The number of nitrogens with one attached hydrogen (secondary N) is 3. The third-order valence-corrected chi connectivity index (χ3v) is 5.82. The summed E-state index contributed by atoms with van der Waals surface area (Å²) in [5.41, 5.74) is 8.32. The van der Waals surface area contributed by atoms with E-state index in [9.17, 15) is 19.2 Å². The largest absolute Gasteiger partial charge is 0.445 e. The first-order valence-corrected chi connectivity index (χ1v) is 12.8. The maximum atomic E-state index is 12.7. The van der Waals surface area contributed by atoms with Crippen molar-refractivity contribution in [1.29, 1.82) is 0 Å². The molecule has 0 bridgehead atoms. The van der Waals surface area contributed by atoms with E-state index in [1.165, 1.54) is 6.92 Å². The first-order chi connectivity index (χ1) is 19.3. The van der Waals surface area contributed by atoms with Crippen LogP contribution >= 0.6 is 0 Å². The zero-order valence-corrected chi connectivity index (χ0v) is 22.2. The van der Waals surface area contributed by atoms with Crippen molar-refractivity contribution in [2.75, 3.05) is 0 Å². The summed E-state index contributed by atoms with van der Waals surface area (Å²) in [6.07, 6.45) is -0.475. The maximum absolute atomic E-state index is 12.7. The Balaban J connectivity index is 1.40. The first kappa shape index (κ1) is 29.6. The number of carbonyl (C=O) groups is 4. The lowest BCUT2D eigenvalue weighted by molar-refractivity contribution is -0.134. The molecule has 11 nitrogen and oxygen atoms in total. The van der Waals surface area contributed by atoms with Gasteiger partial charge in [-0.2, -0.15) is 0 Å². The molecular weight excluding hydrogens is 514 g/mol. The summed E-state index contributed by atoms with van der Waals surface area (Å²) < 4.78 is 10.1. The molecule has 0 saturated carbocycles. The molecule has 0 aliphatic rings. The second kappa shape index (κ2) is 15.5. The zero-order valence-electron chi connectivity index (χ0n) is 22.2. The Hall–Kier alpha value is -4.93. The van der Waals surface area contributed by atoms with E-state index in [2.05, 4.69) is 20.9 Å². The van der Waals surface area contributed by atoms with E-state index in [0.29, 0.717) is 12.1 Å². The van der Waals surface area contributed by atoms with Gasteiger partial charge in [0.05, 0.1) is 12.2 Å². The number of ether oxygens (including phenoxy) is 2. The molecule has 0 spiro atoms. The molecule has 0 aliphatic carbocycles. The lowest BCUT2D eigenvalue weighted by Gasteiger charge is -2.20. The van der Waals surface area contributed by atoms with Crippen molar-refractivity contribution in [3.63, 3.8) is 0 Å². The number of aromatic nitrogens is 1. The number of aryl methyl sites for hydroxylation is 1. The summed E-state index contributed by atoms with van der Waals surface area (Å²) in [6.45, 7) is 2.05. The summed E-state index contributed by atoms with van der Waals surface area (Å²) in [7, 11) is 0. The predicted octanol–water partition coefficient (Wildman–Crippen LogP) is 2.73. The van der Waals surface area contributed by atoms with Crippen molar-refractivity contribution in [3.05, 3.63) is 101 Å². The lowest BCUT2D eigenvalue weighted by atomic mass is 10.1. The first-order valence-electron chi connectivity index (χ1n) is 12.8. The van der Waals surface area contributed by atoms with Crippen LogP contribution in [0, 0.1) is 0 Å².